The maximum atomic E-state index is 10.1. The number of H-pyrrole nitrogens is 1. The molecule has 4 nitrogen and oxygen atoms in total. The highest BCUT2D eigenvalue weighted by Crippen LogP contribution is 2.28. The smallest absolute Gasteiger partial charge is 0.166 e. The zero-order valence-corrected chi connectivity index (χ0v) is 12.7. The van der Waals surface area contributed by atoms with Gasteiger partial charge in [0.1, 0.15) is 6.54 Å². The van der Waals surface area contributed by atoms with Crippen molar-refractivity contribution in [2.45, 2.75) is 13.0 Å². The predicted octanol–water partition coefficient (Wildman–Crippen LogP) is 2.19. The molecule has 3 rings (SSSR count). The summed E-state index contributed by atoms with van der Waals surface area (Å²) >= 11 is 0. The topological polar surface area (TPSA) is 61.9 Å². The van der Waals surface area contributed by atoms with Gasteiger partial charge in [-0.2, -0.15) is 0 Å². The van der Waals surface area contributed by atoms with E-state index in [-0.39, 0.29) is 5.75 Å². The van der Waals surface area contributed by atoms with Gasteiger partial charge in [-0.15, -0.1) is 0 Å². The Morgan fingerprint density at radius 3 is 2.82 bits per heavy atom. The number of ether oxygens (including phenoxy) is 1. The van der Waals surface area contributed by atoms with Gasteiger partial charge in [-0.25, -0.2) is 0 Å². The SMILES string of the molecule is COc1cccc(C[NH2+]CCc2c[nH]c3ccccc23)c1O. The molecule has 0 amide bonds. The number of aromatic amines is 1. The molecule has 22 heavy (non-hydrogen) atoms. The van der Waals surface area contributed by atoms with Crippen LogP contribution in [-0.4, -0.2) is 23.7 Å². The van der Waals surface area contributed by atoms with Crippen LogP contribution in [0.1, 0.15) is 11.1 Å². The Morgan fingerprint density at radius 1 is 1.09 bits per heavy atom. The molecule has 0 fully saturated rings. The summed E-state index contributed by atoms with van der Waals surface area (Å²) in [6.45, 7) is 1.71. The van der Waals surface area contributed by atoms with Crippen LogP contribution in [0.25, 0.3) is 10.9 Å². The summed E-state index contributed by atoms with van der Waals surface area (Å²) < 4.78 is 5.13. The number of aromatic nitrogens is 1. The number of methoxy groups -OCH3 is 1. The third-order valence-corrected chi connectivity index (χ3v) is 3.96. The second-order valence-corrected chi connectivity index (χ2v) is 5.36. The predicted molar refractivity (Wildman–Crippen MR) is 87.2 cm³/mol. The molecule has 4 heteroatoms. The van der Waals surface area contributed by atoms with E-state index in [0.29, 0.717) is 5.75 Å². The van der Waals surface area contributed by atoms with Crippen LogP contribution in [-0.2, 0) is 13.0 Å². The minimum Gasteiger partial charge on any atom is -0.504 e. The molecule has 0 saturated heterocycles. The molecule has 3 aromatic rings. The molecule has 0 saturated carbocycles. The fourth-order valence-corrected chi connectivity index (χ4v) is 2.75. The van der Waals surface area contributed by atoms with Crippen LogP contribution >= 0.6 is 0 Å². The third kappa shape index (κ3) is 2.92. The average Bonchev–Trinajstić information content (AvgIpc) is 2.96. The van der Waals surface area contributed by atoms with Crippen molar-refractivity contribution in [3.05, 3.63) is 59.8 Å². The highest BCUT2D eigenvalue weighted by molar-refractivity contribution is 5.82. The van der Waals surface area contributed by atoms with Gasteiger partial charge in [0.2, 0.25) is 0 Å². The second kappa shape index (κ2) is 6.54. The van der Waals surface area contributed by atoms with E-state index >= 15 is 0 Å². The third-order valence-electron chi connectivity index (χ3n) is 3.96. The number of para-hydroxylation sites is 2. The van der Waals surface area contributed by atoms with E-state index in [1.807, 2.05) is 18.2 Å². The summed E-state index contributed by atoms with van der Waals surface area (Å²) in [5.74, 6) is 0.774. The zero-order valence-electron chi connectivity index (χ0n) is 12.7. The molecule has 2 aromatic carbocycles. The van der Waals surface area contributed by atoms with E-state index in [2.05, 4.69) is 34.7 Å². The van der Waals surface area contributed by atoms with Crippen LogP contribution in [0.3, 0.4) is 0 Å². The first-order valence-corrected chi connectivity index (χ1v) is 7.51. The van der Waals surface area contributed by atoms with Gasteiger partial charge in [0.15, 0.2) is 11.5 Å². The largest absolute Gasteiger partial charge is 0.504 e. The van der Waals surface area contributed by atoms with E-state index in [4.69, 9.17) is 4.74 Å². The van der Waals surface area contributed by atoms with Crippen molar-refractivity contribution >= 4 is 10.9 Å². The fourth-order valence-electron chi connectivity index (χ4n) is 2.75. The minimum absolute atomic E-state index is 0.244. The molecule has 114 valence electrons. The molecule has 0 bridgehead atoms. The van der Waals surface area contributed by atoms with Gasteiger partial charge in [-0.1, -0.05) is 24.3 Å². The van der Waals surface area contributed by atoms with Crippen LogP contribution < -0.4 is 10.1 Å². The number of benzene rings is 2. The molecule has 4 N–H and O–H groups in total. The van der Waals surface area contributed by atoms with Crippen LogP contribution in [0.4, 0.5) is 0 Å². The minimum atomic E-state index is 0.244. The number of aromatic hydroxyl groups is 1. The fraction of sp³-hybridized carbons (Fsp3) is 0.222. The summed E-state index contributed by atoms with van der Waals surface area (Å²) in [6, 6.07) is 14.0. The molecule has 0 aliphatic carbocycles. The van der Waals surface area contributed by atoms with Crippen molar-refractivity contribution in [1.29, 1.82) is 0 Å². The number of nitrogens with two attached hydrogens (primary N) is 1. The van der Waals surface area contributed by atoms with Crippen LogP contribution in [0.5, 0.6) is 11.5 Å². The van der Waals surface area contributed by atoms with E-state index in [9.17, 15) is 5.11 Å². The van der Waals surface area contributed by atoms with E-state index in [1.54, 1.807) is 13.2 Å². The molecule has 0 atom stereocenters. The quantitative estimate of drug-likeness (QED) is 0.611. The maximum Gasteiger partial charge on any atom is 0.166 e. The maximum absolute atomic E-state index is 10.1. The van der Waals surface area contributed by atoms with Crippen molar-refractivity contribution in [1.82, 2.24) is 4.98 Å². The van der Waals surface area contributed by atoms with E-state index in [1.165, 1.54) is 16.5 Å². The van der Waals surface area contributed by atoms with Crippen LogP contribution in [0, 0.1) is 0 Å². The zero-order chi connectivity index (χ0) is 15.4. The normalized spacial score (nSPS) is 11.0. The van der Waals surface area contributed by atoms with Crippen molar-refractivity contribution in [2.75, 3.05) is 13.7 Å². The van der Waals surface area contributed by atoms with Gasteiger partial charge in [0.05, 0.1) is 19.2 Å². The van der Waals surface area contributed by atoms with Gasteiger partial charge in [-0.3, -0.25) is 0 Å². The summed E-state index contributed by atoms with van der Waals surface area (Å²) in [6.07, 6.45) is 3.08. The Kier molecular flexibility index (Phi) is 4.30. The lowest BCUT2D eigenvalue weighted by Gasteiger charge is -2.08. The van der Waals surface area contributed by atoms with Gasteiger partial charge in [0.25, 0.3) is 0 Å². The lowest BCUT2D eigenvalue weighted by molar-refractivity contribution is -0.670. The summed E-state index contributed by atoms with van der Waals surface area (Å²) in [7, 11) is 1.57. The number of quaternary nitrogens is 1. The molecule has 0 aliphatic heterocycles. The summed E-state index contributed by atoms with van der Waals surface area (Å²) in [4.78, 5) is 3.30. The number of hydrogen-bond acceptors (Lipinski definition) is 2. The molecule has 0 aliphatic rings. The van der Waals surface area contributed by atoms with Crippen molar-refractivity contribution in [2.24, 2.45) is 0 Å². The van der Waals surface area contributed by atoms with Crippen molar-refractivity contribution < 1.29 is 15.2 Å². The average molecular weight is 297 g/mol. The molecule has 0 spiro atoms. The molecule has 0 radical (unpaired) electrons. The number of rotatable bonds is 6. The number of fused-ring (bicyclic) bond motifs is 1. The highest BCUT2D eigenvalue weighted by Gasteiger charge is 2.09. The molecule has 1 heterocycles. The Hall–Kier alpha value is -2.46. The summed E-state index contributed by atoms with van der Waals surface area (Å²) in [5.41, 5.74) is 3.42. The number of nitrogens with one attached hydrogen (secondary N) is 1. The van der Waals surface area contributed by atoms with Gasteiger partial charge < -0.3 is 20.1 Å². The monoisotopic (exact) mass is 297 g/mol. The van der Waals surface area contributed by atoms with Gasteiger partial charge in [-0.05, 0) is 23.8 Å². The van der Waals surface area contributed by atoms with Gasteiger partial charge in [0, 0.05) is 23.5 Å². The van der Waals surface area contributed by atoms with E-state index in [0.717, 1.165) is 25.1 Å². The van der Waals surface area contributed by atoms with Gasteiger partial charge >= 0.3 is 0 Å². The van der Waals surface area contributed by atoms with Crippen molar-refractivity contribution in [3.63, 3.8) is 0 Å². The first-order valence-electron chi connectivity index (χ1n) is 7.51. The number of phenolic OH excluding ortho intramolecular Hbond substituents is 1. The Bertz CT molecular complexity index is 765. The molecular weight excluding hydrogens is 276 g/mol. The second-order valence-electron chi connectivity index (χ2n) is 5.36. The lowest BCUT2D eigenvalue weighted by atomic mass is 10.1. The molecular formula is C18H21N2O2+. The summed E-state index contributed by atoms with van der Waals surface area (Å²) in [5, 5.41) is 13.6. The molecule has 1 aromatic heterocycles. The van der Waals surface area contributed by atoms with E-state index < -0.39 is 0 Å². The first kappa shape index (κ1) is 14.5. The standard InChI is InChI=1S/C18H20N2O2/c1-22-17-8-4-5-14(18(17)21)11-19-10-9-13-12-20-16-7-3-2-6-15(13)16/h2-8,12,19-21H,9-11H2,1H3/p+1. The Labute approximate surface area is 129 Å². The lowest BCUT2D eigenvalue weighted by Crippen LogP contribution is -2.83. The highest BCUT2D eigenvalue weighted by atomic mass is 16.5. The van der Waals surface area contributed by atoms with Crippen LogP contribution in [0.15, 0.2) is 48.7 Å². The number of phenols is 1. The van der Waals surface area contributed by atoms with Crippen LogP contribution in [0.2, 0.25) is 0 Å². The van der Waals surface area contributed by atoms with Crippen molar-refractivity contribution in [3.8, 4) is 11.5 Å². The Morgan fingerprint density at radius 2 is 1.95 bits per heavy atom. The number of hydrogen-bond donors (Lipinski definition) is 3. The Balaban J connectivity index is 1.58. The first-order chi connectivity index (χ1) is 10.8. The molecule has 0 unspecified atom stereocenters.